The second-order valence-electron chi connectivity index (χ2n) is 3.75. The van der Waals surface area contributed by atoms with Gasteiger partial charge >= 0.3 is 5.97 Å². The summed E-state index contributed by atoms with van der Waals surface area (Å²) in [6.45, 7) is 5.17. The number of Topliss-reactive ketones (excluding diaryl/α,β-unsaturated/α-hetero) is 1. The molecule has 0 N–H and O–H groups in total. The maximum absolute atomic E-state index is 11.9. The first-order chi connectivity index (χ1) is 7.45. The van der Waals surface area contributed by atoms with Crippen molar-refractivity contribution in [2.45, 2.75) is 20.8 Å². The van der Waals surface area contributed by atoms with Crippen LogP contribution in [0.4, 0.5) is 0 Å². The number of hydrogen-bond acceptors (Lipinski definition) is 4. The van der Waals surface area contributed by atoms with Gasteiger partial charge in [-0.25, -0.2) is 0 Å². The zero-order valence-electron chi connectivity index (χ0n) is 9.90. The topological polar surface area (TPSA) is 56.3 Å². The number of hydrogen-bond donors (Lipinski definition) is 0. The fourth-order valence-corrected chi connectivity index (χ4v) is 1.51. The minimum absolute atomic E-state index is 0.236. The lowest BCUT2D eigenvalue weighted by atomic mass is 9.99. The maximum atomic E-state index is 11.9. The molecule has 0 radical (unpaired) electrons. The predicted octanol–water partition coefficient (Wildman–Crippen LogP) is 1.69. The highest BCUT2D eigenvalue weighted by atomic mass is 16.5. The van der Waals surface area contributed by atoms with Crippen molar-refractivity contribution in [1.29, 1.82) is 0 Å². The zero-order valence-corrected chi connectivity index (χ0v) is 9.90. The van der Waals surface area contributed by atoms with Crippen LogP contribution < -0.4 is 0 Å². The van der Waals surface area contributed by atoms with E-state index in [0.29, 0.717) is 5.56 Å². The van der Waals surface area contributed by atoms with E-state index in [4.69, 9.17) is 0 Å². The van der Waals surface area contributed by atoms with Gasteiger partial charge in [-0.1, -0.05) is 0 Å². The standard InChI is InChI=1S/C12H15NO3/c1-7-5-10(6-8(2)13-7)11(14)9(3)12(15)16-4/h5-6,9H,1-4H3. The van der Waals surface area contributed by atoms with Crippen LogP contribution in [0.5, 0.6) is 0 Å². The first-order valence-corrected chi connectivity index (χ1v) is 5.03. The van der Waals surface area contributed by atoms with Gasteiger partial charge in [-0.05, 0) is 32.9 Å². The number of pyridine rings is 1. The van der Waals surface area contributed by atoms with Crippen LogP contribution in [-0.4, -0.2) is 23.8 Å². The quantitative estimate of drug-likeness (QED) is 0.443. The van der Waals surface area contributed by atoms with Crippen molar-refractivity contribution in [3.63, 3.8) is 0 Å². The van der Waals surface area contributed by atoms with E-state index in [1.807, 2.05) is 13.8 Å². The molecule has 1 rings (SSSR count). The number of aryl methyl sites for hydroxylation is 2. The Hall–Kier alpha value is -1.71. The second kappa shape index (κ2) is 4.88. The average Bonchev–Trinajstić information content (AvgIpc) is 2.24. The van der Waals surface area contributed by atoms with Crippen molar-refractivity contribution in [3.05, 3.63) is 29.1 Å². The largest absolute Gasteiger partial charge is 0.468 e. The lowest BCUT2D eigenvalue weighted by Gasteiger charge is -2.09. The zero-order chi connectivity index (χ0) is 12.3. The van der Waals surface area contributed by atoms with Gasteiger partial charge in [0.2, 0.25) is 0 Å². The van der Waals surface area contributed by atoms with E-state index in [9.17, 15) is 9.59 Å². The van der Waals surface area contributed by atoms with Gasteiger partial charge in [0, 0.05) is 17.0 Å². The van der Waals surface area contributed by atoms with E-state index in [-0.39, 0.29) is 5.78 Å². The number of carbonyl (C=O) groups excluding carboxylic acids is 2. The molecule has 16 heavy (non-hydrogen) atoms. The van der Waals surface area contributed by atoms with E-state index >= 15 is 0 Å². The molecule has 0 aliphatic carbocycles. The van der Waals surface area contributed by atoms with Crippen LogP contribution in [0.25, 0.3) is 0 Å². The Morgan fingerprint density at radius 1 is 1.25 bits per heavy atom. The molecule has 1 aromatic rings. The van der Waals surface area contributed by atoms with Crippen molar-refractivity contribution in [3.8, 4) is 0 Å². The molecule has 86 valence electrons. The number of ether oxygens (including phenoxy) is 1. The first-order valence-electron chi connectivity index (χ1n) is 5.03. The van der Waals surface area contributed by atoms with Crippen LogP contribution in [0.3, 0.4) is 0 Å². The molecule has 1 unspecified atom stereocenters. The van der Waals surface area contributed by atoms with E-state index in [2.05, 4.69) is 9.72 Å². The van der Waals surface area contributed by atoms with Gasteiger partial charge < -0.3 is 4.74 Å². The number of rotatable bonds is 3. The van der Waals surface area contributed by atoms with Crippen LogP contribution in [0.15, 0.2) is 12.1 Å². The fraction of sp³-hybridized carbons (Fsp3) is 0.417. The molecule has 0 bridgehead atoms. The molecule has 0 spiro atoms. The molecular weight excluding hydrogens is 206 g/mol. The molecule has 0 saturated carbocycles. The van der Waals surface area contributed by atoms with Crippen molar-refractivity contribution >= 4 is 11.8 Å². The Bertz CT molecular complexity index is 406. The Labute approximate surface area is 94.6 Å². The molecule has 0 aliphatic heterocycles. The molecule has 1 heterocycles. The lowest BCUT2D eigenvalue weighted by Crippen LogP contribution is -2.22. The van der Waals surface area contributed by atoms with Crippen molar-refractivity contribution in [2.24, 2.45) is 5.92 Å². The summed E-state index contributed by atoms with van der Waals surface area (Å²) in [7, 11) is 1.27. The molecule has 0 aliphatic rings. The molecule has 4 heteroatoms. The molecule has 4 nitrogen and oxygen atoms in total. The monoisotopic (exact) mass is 221 g/mol. The summed E-state index contributed by atoms with van der Waals surface area (Å²) in [5.74, 6) is -1.52. The average molecular weight is 221 g/mol. The lowest BCUT2D eigenvalue weighted by molar-refractivity contribution is -0.143. The van der Waals surface area contributed by atoms with Crippen molar-refractivity contribution in [2.75, 3.05) is 7.11 Å². The third-order valence-corrected chi connectivity index (χ3v) is 2.31. The van der Waals surface area contributed by atoms with Crippen LogP contribution in [-0.2, 0) is 9.53 Å². The SMILES string of the molecule is COC(=O)C(C)C(=O)c1cc(C)nc(C)c1. The van der Waals surface area contributed by atoms with Crippen LogP contribution in [0.2, 0.25) is 0 Å². The van der Waals surface area contributed by atoms with Crippen molar-refractivity contribution < 1.29 is 14.3 Å². The summed E-state index contributed by atoms with van der Waals surface area (Å²) in [4.78, 5) is 27.3. The van der Waals surface area contributed by atoms with Crippen molar-refractivity contribution in [1.82, 2.24) is 4.98 Å². The molecule has 0 aromatic carbocycles. The van der Waals surface area contributed by atoms with Gasteiger partial charge in [0.15, 0.2) is 5.78 Å². The molecule has 1 aromatic heterocycles. The number of nitrogens with zero attached hydrogens (tertiary/aromatic N) is 1. The number of aromatic nitrogens is 1. The Balaban J connectivity index is 3.00. The highest BCUT2D eigenvalue weighted by Crippen LogP contribution is 2.12. The third kappa shape index (κ3) is 2.66. The Morgan fingerprint density at radius 3 is 2.19 bits per heavy atom. The van der Waals surface area contributed by atoms with Gasteiger partial charge in [0.25, 0.3) is 0 Å². The van der Waals surface area contributed by atoms with E-state index in [1.54, 1.807) is 19.1 Å². The summed E-state index contributed by atoms with van der Waals surface area (Å²) < 4.78 is 4.54. The van der Waals surface area contributed by atoms with Gasteiger partial charge in [-0.3, -0.25) is 14.6 Å². The second-order valence-corrected chi connectivity index (χ2v) is 3.75. The molecule has 0 saturated heterocycles. The van der Waals surface area contributed by atoms with Gasteiger partial charge in [0.1, 0.15) is 5.92 Å². The predicted molar refractivity (Wildman–Crippen MR) is 59.2 cm³/mol. The smallest absolute Gasteiger partial charge is 0.316 e. The minimum atomic E-state index is -0.772. The number of esters is 1. The highest BCUT2D eigenvalue weighted by molar-refractivity contribution is 6.08. The van der Waals surface area contributed by atoms with Crippen LogP contribution >= 0.6 is 0 Å². The highest BCUT2D eigenvalue weighted by Gasteiger charge is 2.23. The van der Waals surface area contributed by atoms with E-state index in [1.165, 1.54) is 7.11 Å². The molecule has 0 fully saturated rings. The molecule has 0 amide bonds. The molecular formula is C12H15NO3. The minimum Gasteiger partial charge on any atom is -0.468 e. The summed E-state index contributed by atoms with van der Waals surface area (Å²) in [5, 5.41) is 0. The number of carbonyl (C=O) groups is 2. The van der Waals surface area contributed by atoms with E-state index in [0.717, 1.165) is 11.4 Å². The van der Waals surface area contributed by atoms with Gasteiger partial charge in [-0.2, -0.15) is 0 Å². The van der Waals surface area contributed by atoms with Crippen LogP contribution in [0, 0.1) is 19.8 Å². The summed E-state index contributed by atoms with van der Waals surface area (Å²) in [6, 6.07) is 3.35. The fourth-order valence-electron chi connectivity index (χ4n) is 1.51. The summed E-state index contributed by atoms with van der Waals surface area (Å²) in [6.07, 6.45) is 0. The van der Waals surface area contributed by atoms with E-state index < -0.39 is 11.9 Å². The Morgan fingerprint density at radius 2 is 1.75 bits per heavy atom. The van der Waals surface area contributed by atoms with Gasteiger partial charge in [-0.15, -0.1) is 0 Å². The summed E-state index contributed by atoms with van der Waals surface area (Å²) >= 11 is 0. The van der Waals surface area contributed by atoms with Gasteiger partial charge in [0.05, 0.1) is 7.11 Å². The van der Waals surface area contributed by atoms with Crippen LogP contribution in [0.1, 0.15) is 28.7 Å². The molecule has 1 atom stereocenters. The number of ketones is 1. The maximum Gasteiger partial charge on any atom is 0.316 e. The Kier molecular flexibility index (Phi) is 3.77. The third-order valence-electron chi connectivity index (χ3n) is 2.31. The first kappa shape index (κ1) is 12.4. The summed E-state index contributed by atoms with van der Waals surface area (Å²) in [5.41, 5.74) is 2.03. The normalized spacial score (nSPS) is 12.0. The number of methoxy groups -OCH3 is 1.